The average molecular weight is 387 g/mol. The minimum atomic E-state index is -0.615. The number of ether oxygens (including phenoxy) is 1. The maximum atomic E-state index is 13.1. The van der Waals surface area contributed by atoms with Crippen LogP contribution in [-0.2, 0) is 9.59 Å². The van der Waals surface area contributed by atoms with Crippen LogP contribution in [0.1, 0.15) is 17.2 Å². The van der Waals surface area contributed by atoms with Gasteiger partial charge in [-0.2, -0.15) is 0 Å². The van der Waals surface area contributed by atoms with Gasteiger partial charge in [-0.3, -0.25) is 9.59 Å². The number of carbonyl (C=O) groups excluding carboxylic acids is 2. The van der Waals surface area contributed by atoms with Gasteiger partial charge in [-0.1, -0.05) is 48.0 Å². The summed E-state index contributed by atoms with van der Waals surface area (Å²) in [7, 11) is 0. The molecule has 146 valence electrons. The van der Waals surface area contributed by atoms with Crippen molar-refractivity contribution in [3.8, 4) is 5.75 Å². The Kier molecular flexibility index (Phi) is 5.16. The molecule has 29 heavy (non-hydrogen) atoms. The number of aryl methyl sites for hydroxylation is 1. The van der Waals surface area contributed by atoms with E-state index >= 15 is 0 Å². The smallest absolute Gasteiger partial charge is 0.262 e. The van der Waals surface area contributed by atoms with Gasteiger partial charge in [-0.05, 0) is 42.8 Å². The van der Waals surface area contributed by atoms with Gasteiger partial charge in [0.05, 0.1) is 5.69 Å². The highest BCUT2D eigenvalue weighted by molar-refractivity contribution is 5.98. The Labute approximate surface area is 168 Å². The number of hydrogen-bond acceptors (Lipinski definition) is 4. The molecule has 0 spiro atoms. The molecule has 3 aromatic carbocycles. The van der Waals surface area contributed by atoms with Crippen molar-refractivity contribution in [3.05, 3.63) is 83.9 Å². The number of benzene rings is 3. The van der Waals surface area contributed by atoms with Crippen molar-refractivity contribution in [2.24, 2.45) is 0 Å². The summed E-state index contributed by atoms with van der Waals surface area (Å²) in [6.07, 6.45) is 0. The first-order chi connectivity index (χ1) is 14.1. The highest BCUT2D eigenvalue weighted by atomic mass is 16.5. The first-order valence-corrected chi connectivity index (χ1v) is 9.34. The third-order valence-electron chi connectivity index (χ3n) is 4.64. The molecule has 6 heteroatoms. The van der Waals surface area contributed by atoms with E-state index in [9.17, 15) is 9.59 Å². The third kappa shape index (κ3) is 4.38. The molecule has 0 saturated carbocycles. The Balaban J connectivity index is 1.59. The number of amides is 2. The van der Waals surface area contributed by atoms with E-state index in [1.807, 2.05) is 67.6 Å². The minimum Gasteiger partial charge on any atom is -0.482 e. The Morgan fingerprint density at radius 1 is 1.00 bits per heavy atom. The van der Waals surface area contributed by atoms with Crippen LogP contribution in [0.3, 0.4) is 0 Å². The molecule has 2 amide bonds. The monoisotopic (exact) mass is 387 g/mol. The van der Waals surface area contributed by atoms with E-state index in [0.717, 1.165) is 16.8 Å². The van der Waals surface area contributed by atoms with Crippen molar-refractivity contribution in [2.75, 3.05) is 22.6 Å². The number of fused-ring (bicyclic) bond motifs is 1. The molecule has 0 bridgehead atoms. The lowest BCUT2D eigenvalue weighted by atomic mass is 10.1. The van der Waals surface area contributed by atoms with Gasteiger partial charge < -0.3 is 20.7 Å². The van der Waals surface area contributed by atoms with E-state index in [1.54, 1.807) is 12.1 Å². The standard InChI is InChI=1S/C23H21N3O3/c1-15-7-9-17(10-8-15)25-23(28)22(16-5-3-2-4-6-16)24-18-11-12-20-19(13-18)26-21(27)14-29-20/h2-13,22,24H,14H2,1H3,(H,25,28)(H,26,27). The van der Waals surface area contributed by atoms with Crippen LogP contribution in [0.25, 0.3) is 0 Å². The normalized spacial score (nSPS) is 13.5. The first-order valence-electron chi connectivity index (χ1n) is 9.34. The summed E-state index contributed by atoms with van der Waals surface area (Å²) in [6.45, 7) is 2.00. The van der Waals surface area contributed by atoms with Gasteiger partial charge in [0.2, 0.25) is 0 Å². The lowest BCUT2D eigenvalue weighted by Gasteiger charge is -2.22. The van der Waals surface area contributed by atoms with E-state index in [4.69, 9.17) is 4.74 Å². The van der Waals surface area contributed by atoms with Crippen LogP contribution in [0.5, 0.6) is 5.75 Å². The molecule has 1 heterocycles. The molecule has 0 saturated heterocycles. The van der Waals surface area contributed by atoms with Crippen molar-refractivity contribution >= 4 is 28.9 Å². The van der Waals surface area contributed by atoms with Gasteiger partial charge >= 0.3 is 0 Å². The van der Waals surface area contributed by atoms with Crippen LogP contribution in [0, 0.1) is 6.92 Å². The van der Waals surface area contributed by atoms with E-state index in [-0.39, 0.29) is 18.4 Å². The maximum absolute atomic E-state index is 13.1. The molecule has 1 aliphatic rings. The second-order valence-corrected chi connectivity index (χ2v) is 6.89. The van der Waals surface area contributed by atoms with Crippen molar-refractivity contribution in [1.82, 2.24) is 0 Å². The molecule has 1 aliphatic heterocycles. The molecule has 1 atom stereocenters. The number of carbonyl (C=O) groups is 2. The molecule has 3 aromatic rings. The van der Waals surface area contributed by atoms with Gasteiger partial charge in [0.1, 0.15) is 11.8 Å². The van der Waals surface area contributed by atoms with E-state index in [1.165, 1.54) is 0 Å². The number of nitrogens with one attached hydrogen (secondary N) is 3. The minimum absolute atomic E-state index is 0.00533. The van der Waals surface area contributed by atoms with Crippen molar-refractivity contribution in [1.29, 1.82) is 0 Å². The van der Waals surface area contributed by atoms with Gasteiger partial charge in [0.25, 0.3) is 11.8 Å². The fraction of sp³-hybridized carbons (Fsp3) is 0.130. The molecule has 0 fully saturated rings. The van der Waals surface area contributed by atoms with Crippen LogP contribution >= 0.6 is 0 Å². The molecule has 0 aliphatic carbocycles. The second kappa shape index (κ2) is 8.06. The predicted octanol–water partition coefficient (Wildman–Crippen LogP) is 4.12. The van der Waals surface area contributed by atoms with Crippen molar-refractivity contribution in [3.63, 3.8) is 0 Å². The van der Waals surface area contributed by atoms with Crippen LogP contribution in [0.4, 0.5) is 17.1 Å². The zero-order valence-corrected chi connectivity index (χ0v) is 15.9. The summed E-state index contributed by atoms with van der Waals surface area (Å²) in [5.74, 6) is 0.222. The van der Waals surface area contributed by atoms with Crippen molar-refractivity contribution in [2.45, 2.75) is 13.0 Å². The van der Waals surface area contributed by atoms with Crippen molar-refractivity contribution < 1.29 is 14.3 Å². The second-order valence-electron chi connectivity index (χ2n) is 6.89. The molecule has 4 rings (SSSR count). The molecule has 0 radical (unpaired) electrons. The van der Waals surface area contributed by atoms with Gasteiger partial charge in [0.15, 0.2) is 6.61 Å². The highest BCUT2D eigenvalue weighted by Crippen LogP contribution is 2.32. The summed E-state index contributed by atoms with van der Waals surface area (Å²) in [4.78, 5) is 24.7. The molecule has 3 N–H and O–H groups in total. The van der Waals surface area contributed by atoms with Gasteiger partial charge in [0, 0.05) is 11.4 Å². The average Bonchev–Trinajstić information content (AvgIpc) is 2.74. The molecule has 0 aromatic heterocycles. The first kappa shape index (κ1) is 18.6. The lowest BCUT2D eigenvalue weighted by molar-refractivity contribution is -0.119. The highest BCUT2D eigenvalue weighted by Gasteiger charge is 2.22. The third-order valence-corrected chi connectivity index (χ3v) is 4.64. The summed E-state index contributed by atoms with van der Waals surface area (Å²) in [5.41, 5.74) is 3.96. The quantitative estimate of drug-likeness (QED) is 0.615. The number of anilines is 3. The zero-order valence-electron chi connectivity index (χ0n) is 15.9. The topological polar surface area (TPSA) is 79.5 Å². The predicted molar refractivity (Wildman–Crippen MR) is 113 cm³/mol. The number of rotatable bonds is 5. The fourth-order valence-electron chi connectivity index (χ4n) is 3.14. The Hall–Kier alpha value is -3.80. The fourth-order valence-corrected chi connectivity index (χ4v) is 3.14. The Morgan fingerprint density at radius 2 is 1.72 bits per heavy atom. The SMILES string of the molecule is Cc1ccc(NC(=O)C(Nc2ccc3c(c2)NC(=O)CO3)c2ccccc2)cc1. The summed E-state index contributed by atoms with van der Waals surface area (Å²) < 4.78 is 5.40. The molecular formula is C23H21N3O3. The lowest BCUT2D eigenvalue weighted by Crippen LogP contribution is -2.28. The number of hydrogen-bond donors (Lipinski definition) is 3. The molecule has 1 unspecified atom stereocenters. The van der Waals surface area contributed by atoms with E-state index in [0.29, 0.717) is 17.1 Å². The van der Waals surface area contributed by atoms with E-state index < -0.39 is 6.04 Å². The zero-order chi connectivity index (χ0) is 20.2. The van der Waals surface area contributed by atoms with Crippen LogP contribution in [0.15, 0.2) is 72.8 Å². The maximum Gasteiger partial charge on any atom is 0.262 e. The summed E-state index contributed by atoms with van der Waals surface area (Å²) >= 11 is 0. The molecular weight excluding hydrogens is 366 g/mol. The van der Waals surface area contributed by atoms with Gasteiger partial charge in [-0.25, -0.2) is 0 Å². The van der Waals surface area contributed by atoms with E-state index in [2.05, 4.69) is 16.0 Å². The summed E-state index contributed by atoms with van der Waals surface area (Å²) in [5, 5.41) is 9.02. The molecule has 6 nitrogen and oxygen atoms in total. The Bertz CT molecular complexity index is 1030. The van der Waals surface area contributed by atoms with Crippen LogP contribution < -0.4 is 20.7 Å². The Morgan fingerprint density at radius 3 is 2.48 bits per heavy atom. The largest absolute Gasteiger partial charge is 0.482 e. The van der Waals surface area contributed by atoms with Crippen LogP contribution in [0.2, 0.25) is 0 Å². The van der Waals surface area contributed by atoms with Gasteiger partial charge in [-0.15, -0.1) is 0 Å². The van der Waals surface area contributed by atoms with Crippen LogP contribution in [-0.4, -0.2) is 18.4 Å². The summed E-state index contributed by atoms with van der Waals surface area (Å²) in [6, 6.07) is 21.9.